The van der Waals surface area contributed by atoms with Gasteiger partial charge in [-0.05, 0) is 50.0 Å². The third-order valence-electron chi connectivity index (χ3n) is 2.97. The number of nitrogens with zero attached hydrogens (tertiary/aromatic N) is 1. The van der Waals surface area contributed by atoms with Crippen molar-refractivity contribution in [1.29, 1.82) is 0 Å². The molecule has 1 aromatic rings. The van der Waals surface area contributed by atoms with Gasteiger partial charge in [-0.2, -0.15) is 0 Å². The van der Waals surface area contributed by atoms with Crippen molar-refractivity contribution in [3.05, 3.63) is 29.8 Å². The highest BCUT2D eigenvalue weighted by atomic mass is 32.1. The van der Waals surface area contributed by atoms with Gasteiger partial charge in [-0.3, -0.25) is 0 Å². The van der Waals surface area contributed by atoms with Crippen LogP contribution in [0.3, 0.4) is 0 Å². The lowest BCUT2D eigenvalue weighted by atomic mass is 9.91. The third-order valence-corrected chi connectivity index (χ3v) is 3.24. The molecule has 0 aromatic heterocycles. The number of thiol groups is 1. The molecule has 0 bridgehead atoms. The van der Waals surface area contributed by atoms with Crippen LogP contribution in [-0.4, -0.2) is 25.0 Å². The van der Waals surface area contributed by atoms with Crippen LogP contribution in [-0.2, 0) is 0 Å². The van der Waals surface area contributed by atoms with Crippen molar-refractivity contribution < 1.29 is 0 Å². The summed E-state index contributed by atoms with van der Waals surface area (Å²) in [5.74, 6) is 0.709. The topological polar surface area (TPSA) is 3.24 Å². The highest BCUT2D eigenvalue weighted by Gasteiger charge is 2.18. The van der Waals surface area contributed by atoms with E-state index in [-0.39, 0.29) is 0 Å². The maximum atomic E-state index is 4.38. The first-order valence-electron chi connectivity index (χ1n) is 5.23. The molecule has 2 heteroatoms. The van der Waals surface area contributed by atoms with E-state index in [1.54, 1.807) is 0 Å². The quantitative estimate of drug-likeness (QED) is 0.693. The van der Waals surface area contributed by atoms with Gasteiger partial charge in [0.05, 0.1) is 0 Å². The van der Waals surface area contributed by atoms with Crippen LogP contribution in [0.15, 0.2) is 29.2 Å². The van der Waals surface area contributed by atoms with Crippen LogP contribution >= 0.6 is 12.6 Å². The van der Waals surface area contributed by atoms with Gasteiger partial charge in [-0.1, -0.05) is 12.1 Å². The van der Waals surface area contributed by atoms with Crippen LogP contribution in [0.2, 0.25) is 0 Å². The average Bonchev–Trinajstić information content (AvgIpc) is 2.18. The zero-order chi connectivity index (χ0) is 9.97. The Morgan fingerprint density at radius 3 is 3.00 bits per heavy atom. The number of rotatable bonds is 1. The summed E-state index contributed by atoms with van der Waals surface area (Å²) in [6.07, 6.45) is 2.64. The number of likely N-dealkylation sites (N-methyl/N-ethyl adjacent to an activating group) is 1. The van der Waals surface area contributed by atoms with Crippen molar-refractivity contribution in [3.8, 4) is 0 Å². The Morgan fingerprint density at radius 1 is 1.43 bits per heavy atom. The molecule has 1 saturated heterocycles. The molecule has 1 nitrogen and oxygen atoms in total. The molecule has 0 aliphatic carbocycles. The lowest BCUT2D eigenvalue weighted by Crippen LogP contribution is -2.30. The second-order valence-corrected chi connectivity index (χ2v) is 4.71. The standard InChI is InChI=1S/C12H17NS/c1-13-7-3-5-11(9-13)10-4-2-6-12(14)8-10/h2,4,6,8,11,14H,3,5,7,9H2,1H3. The molecule has 1 atom stereocenters. The Kier molecular flexibility index (Phi) is 3.14. The predicted molar refractivity (Wildman–Crippen MR) is 63.2 cm³/mol. The summed E-state index contributed by atoms with van der Waals surface area (Å²) >= 11 is 4.38. The van der Waals surface area contributed by atoms with E-state index in [9.17, 15) is 0 Å². The van der Waals surface area contributed by atoms with Gasteiger partial charge in [-0.15, -0.1) is 12.6 Å². The minimum absolute atomic E-state index is 0.709. The lowest BCUT2D eigenvalue weighted by molar-refractivity contribution is 0.250. The van der Waals surface area contributed by atoms with Crippen molar-refractivity contribution in [2.24, 2.45) is 0 Å². The van der Waals surface area contributed by atoms with E-state index in [0.717, 1.165) is 4.90 Å². The Balaban J connectivity index is 2.14. The first-order valence-corrected chi connectivity index (χ1v) is 5.68. The molecule has 1 heterocycles. The zero-order valence-electron chi connectivity index (χ0n) is 8.61. The van der Waals surface area contributed by atoms with Crippen molar-refractivity contribution in [2.75, 3.05) is 20.1 Å². The Morgan fingerprint density at radius 2 is 2.29 bits per heavy atom. The zero-order valence-corrected chi connectivity index (χ0v) is 9.50. The highest BCUT2D eigenvalue weighted by Crippen LogP contribution is 2.27. The first kappa shape index (κ1) is 10.1. The van der Waals surface area contributed by atoms with Crippen LogP contribution in [0.25, 0.3) is 0 Å². The highest BCUT2D eigenvalue weighted by molar-refractivity contribution is 7.80. The predicted octanol–water partition coefficient (Wildman–Crippen LogP) is 2.78. The van der Waals surface area contributed by atoms with E-state index < -0.39 is 0 Å². The SMILES string of the molecule is CN1CCCC(c2cccc(S)c2)C1. The molecule has 1 aliphatic rings. The molecule has 14 heavy (non-hydrogen) atoms. The second kappa shape index (κ2) is 4.37. The molecule has 0 saturated carbocycles. The molecule has 1 fully saturated rings. The molecular weight excluding hydrogens is 190 g/mol. The van der Waals surface area contributed by atoms with Crippen molar-refractivity contribution in [2.45, 2.75) is 23.7 Å². The summed E-state index contributed by atoms with van der Waals surface area (Å²) in [4.78, 5) is 3.50. The molecule has 0 spiro atoms. The average molecular weight is 207 g/mol. The summed E-state index contributed by atoms with van der Waals surface area (Å²) in [6, 6.07) is 8.57. The van der Waals surface area contributed by atoms with E-state index in [2.05, 4.69) is 42.8 Å². The molecular formula is C12H17NS. The van der Waals surface area contributed by atoms with Crippen LogP contribution in [0.1, 0.15) is 24.3 Å². The number of likely N-dealkylation sites (tertiary alicyclic amines) is 1. The van der Waals surface area contributed by atoms with E-state index in [0.29, 0.717) is 5.92 Å². The summed E-state index contributed by atoms with van der Waals surface area (Å²) < 4.78 is 0. The minimum atomic E-state index is 0.709. The van der Waals surface area contributed by atoms with Gasteiger partial charge in [0.2, 0.25) is 0 Å². The summed E-state index contributed by atoms with van der Waals surface area (Å²) in [7, 11) is 2.21. The molecule has 1 aromatic carbocycles. The lowest BCUT2D eigenvalue weighted by Gasteiger charge is -2.30. The summed E-state index contributed by atoms with van der Waals surface area (Å²) in [5.41, 5.74) is 1.45. The van der Waals surface area contributed by atoms with Gasteiger partial charge in [0.25, 0.3) is 0 Å². The van der Waals surface area contributed by atoms with Gasteiger partial charge in [0, 0.05) is 11.4 Å². The fourth-order valence-electron chi connectivity index (χ4n) is 2.22. The van der Waals surface area contributed by atoms with Crippen LogP contribution < -0.4 is 0 Å². The fraction of sp³-hybridized carbons (Fsp3) is 0.500. The minimum Gasteiger partial charge on any atom is -0.306 e. The van der Waals surface area contributed by atoms with Gasteiger partial charge < -0.3 is 4.90 Å². The fourth-order valence-corrected chi connectivity index (χ4v) is 2.45. The molecule has 0 radical (unpaired) electrons. The van der Waals surface area contributed by atoms with Gasteiger partial charge in [-0.25, -0.2) is 0 Å². The normalized spacial score (nSPS) is 23.7. The number of hydrogen-bond donors (Lipinski definition) is 1. The van der Waals surface area contributed by atoms with Crippen molar-refractivity contribution >= 4 is 12.6 Å². The maximum Gasteiger partial charge on any atom is 0.00472 e. The van der Waals surface area contributed by atoms with Crippen LogP contribution in [0, 0.1) is 0 Å². The van der Waals surface area contributed by atoms with Crippen molar-refractivity contribution in [1.82, 2.24) is 4.90 Å². The van der Waals surface area contributed by atoms with Crippen LogP contribution in [0.4, 0.5) is 0 Å². The monoisotopic (exact) mass is 207 g/mol. The third kappa shape index (κ3) is 2.31. The summed E-state index contributed by atoms with van der Waals surface area (Å²) in [5, 5.41) is 0. The van der Waals surface area contributed by atoms with E-state index in [1.807, 2.05) is 6.07 Å². The van der Waals surface area contributed by atoms with Crippen molar-refractivity contribution in [3.63, 3.8) is 0 Å². The number of hydrogen-bond acceptors (Lipinski definition) is 2. The Labute approximate surface area is 91.5 Å². The van der Waals surface area contributed by atoms with Gasteiger partial charge in [0.1, 0.15) is 0 Å². The first-order chi connectivity index (χ1) is 6.75. The Hall–Kier alpha value is -0.470. The smallest absolute Gasteiger partial charge is 0.00472 e. The second-order valence-electron chi connectivity index (χ2n) is 4.20. The molecule has 0 N–H and O–H groups in total. The van der Waals surface area contributed by atoms with Gasteiger partial charge >= 0.3 is 0 Å². The molecule has 76 valence electrons. The number of piperidine rings is 1. The molecule has 2 rings (SSSR count). The molecule has 0 amide bonds. The Bertz CT molecular complexity index is 311. The summed E-state index contributed by atoms with van der Waals surface area (Å²) in [6.45, 7) is 2.44. The van der Waals surface area contributed by atoms with E-state index >= 15 is 0 Å². The molecule has 1 unspecified atom stereocenters. The van der Waals surface area contributed by atoms with E-state index in [1.165, 1.54) is 31.5 Å². The van der Waals surface area contributed by atoms with E-state index in [4.69, 9.17) is 0 Å². The number of benzene rings is 1. The largest absolute Gasteiger partial charge is 0.306 e. The molecule has 1 aliphatic heterocycles. The van der Waals surface area contributed by atoms with Crippen LogP contribution in [0.5, 0.6) is 0 Å². The van der Waals surface area contributed by atoms with Gasteiger partial charge in [0.15, 0.2) is 0 Å². The maximum absolute atomic E-state index is 4.38.